The zero-order valence-electron chi connectivity index (χ0n) is 16.1. The molecule has 0 unspecified atom stereocenters. The van der Waals surface area contributed by atoms with Crippen LogP contribution >= 0.6 is 23.2 Å². The van der Waals surface area contributed by atoms with Crippen LogP contribution in [0, 0.1) is 0 Å². The van der Waals surface area contributed by atoms with Crippen molar-refractivity contribution in [3.8, 4) is 5.69 Å². The lowest BCUT2D eigenvalue weighted by molar-refractivity contribution is -0.136. The summed E-state index contributed by atoms with van der Waals surface area (Å²) in [6.07, 6.45) is 5.28. The highest BCUT2D eigenvalue weighted by molar-refractivity contribution is 6.45. The summed E-state index contributed by atoms with van der Waals surface area (Å²) in [5.74, 6) is -0.146. The van der Waals surface area contributed by atoms with Gasteiger partial charge in [0.15, 0.2) is 0 Å². The van der Waals surface area contributed by atoms with Crippen LogP contribution in [0.2, 0.25) is 10.0 Å². The number of carboxylic acids is 1. The van der Waals surface area contributed by atoms with Gasteiger partial charge < -0.3 is 14.6 Å². The topological polar surface area (TPSA) is 71.2 Å². The van der Waals surface area contributed by atoms with Crippen LogP contribution in [0.1, 0.15) is 11.1 Å². The van der Waals surface area contributed by atoms with Gasteiger partial charge in [0.25, 0.3) is 0 Å². The summed E-state index contributed by atoms with van der Waals surface area (Å²) in [6.45, 7) is 0.549. The molecule has 0 spiro atoms. The molecule has 0 aliphatic rings. The largest absolute Gasteiger partial charge is 0.481 e. The molecule has 0 amide bonds. The van der Waals surface area contributed by atoms with Crippen molar-refractivity contribution in [2.45, 2.75) is 13.0 Å². The first kappa shape index (κ1) is 20.2. The van der Waals surface area contributed by atoms with Crippen LogP contribution < -0.4 is 4.90 Å². The van der Waals surface area contributed by atoms with Gasteiger partial charge in [-0.1, -0.05) is 47.5 Å². The molecule has 8 heteroatoms. The molecular formula is C22H18Cl2N4O2. The van der Waals surface area contributed by atoms with Gasteiger partial charge in [-0.2, -0.15) is 0 Å². The lowest BCUT2D eigenvalue weighted by Gasteiger charge is -2.21. The van der Waals surface area contributed by atoms with Gasteiger partial charge >= 0.3 is 5.97 Å². The van der Waals surface area contributed by atoms with Crippen molar-refractivity contribution in [3.05, 3.63) is 82.4 Å². The second-order valence-corrected chi connectivity index (χ2v) is 7.76. The minimum Gasteiger partial charge on any atom is -0.481 e. The number of pyridine rings is 1. The summed E-state index contributed by atoms with van der Waals surface area (Å²) >= 11 is 12.7. The third kappa shape index (κ3) is 4.10. The number of benzene rings is 2. The van der Waals surface area contributed by atoms with E-state index in [0.717, 1.165) is 22.2 Å². The molecule has 1 N–H and O–H groups in total. The molecule has 4 rings (SSSR count). The van der Waals surface area contributed by atoms with Crippen molar-refractivity contribution in [1.29, 1.82) is 0 Å². The molecule has 0 saturated carbocycles. The van der Waals surface area contributed by atoms with Gasteiger partial charge in [0.2, 0.25) is 0 Å². The van der Waals surface area contributed by atoms with E-state index in [9.17, 15) is 4.79 Å². The lowest BCUT2D eigenvalue weighted by atomic mass is 10.1. The van der Waals surface area contributed by atoms with Gasteiger partial charge in [-0.3, -0.25) is 4.79 Å². The first-order valence-electron chi connectivity index (χ1n) is 9.20. The Morgan fingerprint density at radius 1 is 1.17 bits per heavy atom. The van der Waals surface area contributed by atoms with Crippen LogP contribution in [0.4, 0.5) is 5.82 Å². The molecule has 2 aromatic carbocycles. The zero-order valence-corrected chi connectivity index (χ0v) is 17.6. The van der Waals surface area contributed by atoms with E-state index in [2.05, 4.69) is 4.98 Å². The maximum absolute atomic E-state index is 11.0. The average molecular weight is 441 g/mol. The summed E-state index contributed by atoms with van der Waals surface area (Å²) in [6, 6.07) is 13.1. The van der Waals surface area contributed by atoms with Crippen LogP contribution in [-0.2, 0) is 17.8 Å². The number of hydrogen-bond acceptors (Lipinski definition) is 4. The third-order valence-electron chi connectivity index (χ3n) is 4.78. The minimum atomic E-state index is -0.854. The van der Waals surface area contributed by atoms with E-state index in [1.54, 1.807) is 18.6 Å². The number of halogens is 2. The summed E-state index contributed by atoms with van der Waals surface area (Å²) in [4.78, 5) is 21.9. The SMILES string of the molecule is CN(Cc1cccc(CC(=O)O)c1)c1cc(-n2ccnc2)c2ccc(Cl)c(Cl)c2n1. The van der Waals surface area contributed by atoms with Crippen molar-refractivity contribution >= 4 is 45.9 Å². The Morgan fingerprint density at radius 3 is 2.70 bits per heavy atom. The molecule has 0 radical (unpaired) electrons. The number of hydrogen-bond donors (Lipinski definition) is 1. The molecule has 2 aromatic heterocycles. The van der Waals surface area contributed by atoms with E-state index in [-0.39, 0.29) is 6.42 Å². The van der Waals surface area contributed by atoms with Gasteiger partial charge in [0.05, 0.1) is 34.0 Å². The maximum Gasteiger partial charge on any atom is 0.307 e. The standard InChI is InChI=1S/C22H18Cl2N4O2/c1-27(12-15-4-2-3-14(9-15)10-20(29)30)19-11-18(28-8-7-25-13-28)16-5-6-17(23)21(24)22(16)26-19/h2-9,11,13H,10,12H2,1H3,(H,29,30). The Labute approximate surface area is 183 Å². The van der Waals surface area contributed by atoms with Crippen molar-refractivity contribution in [3.63, 3.8) is 0 Å². The molecule has 2 heterocycles. The predicted molar refractivity (Wildman–Crippen MR) is 119 cm³/mol. The molecule has 0 bridgehead atoms. The summed E-state index contributed by atoms with van der Waals surface area (Å²) < 4.78 is 1.90. The van der Waals surface area contributed by atoms with Gasteiger partial charge in [-0.15, -0.1) is 0 Å². The van der Waals surface area contributed by atoms with E-state index in [4.69, 9.17) is 33.3 Å². The number of carbonyl (C=O) groups is 1. The third-order valence-corrected chi connectivity index (χ3v) is 5.57. The van der Waals surface area contributed by atoms with Gasteiger partial charge in [0, 0.05) is 37.4 Å². The quantitative estimate of drug-likeness (QED) is 0.457. The lowest BCUT2D eigenvalue weighted by Crippen LogP contribution is -2.18. The fourth-order valence-corrected chi connectivity index (χ4v) is 3.74. The molecule has 152 valence electrons. The van der Waals surface area contributed by atoms with Crippen LogP contribution in [0.25, 0.3) is 16.6 Å². The Morgan fingerprint density at radius 2 is 1.97 bits per heavy atom. The van der Waals surface area contributed by atoms with Crippen LogP contribution in [-0.4, -0.2) is 32.7 Å². The second kappa shape index (κ2) is 8.34. The van der Waals surface area contributed by atoms with E-state index >= 15 is 0 Å². The van der Waals surface area contributed by atoms with E-state index < -0.39 is 5.97 Å². The molecule has 0 atom stereocenters. The minimum absolute atomic E-state index is 0.00926. The zero-order chi connectivity index (χ0) is 21.3. The summed E-state index contributed by atoms with van der Waals surface area (Å²) in [7, 11) is 1.92. The summed E-state index contributed by atoms with van der Waals surface area (Å²) in [5, 5.41) is 10.7. The Bertz CT molecular complexity index is 1230. The predicted octanol–water partition coefficient (Wildman–Crippen LogP) is 4.99. The molecule has 30 heavy (non-hydrogen) atoms. The first-order valence-corrected chi connectivity index (χ1v) is 9.96. The maximum atomic E-state index is 11.0. The molecular weight excluding hydrogens is 423 g/mol. The number of nitrogens with zero attached hydrogens (tertiary/aromatic N) is 4. The molecule has 0 saturated heterocycles. The molecule has 0 aliphatic carbocycles. The fourth-order valence-electron chi connectivity index (χ4n) is 3.38. The number of anilines is 1. The van der Waals surface area contributed by atoms with Crippen LogP contribution in [0.5, 0.6) is 0 Å². The number of rotatable bonds is 6. The second-order valence-electron chi connectivity index (χ2n) is 6.97. The number of aliphatic carboxylic acids is 1. The highest BCUT2D eigenvalue weighted by atomic mass is 35.5. The van der Waals surface area contributed by atoms with Gasteiger partial charge in [-0.25, -0.2) is 9.97 Å². The highest BCUT2D eigenvalue weighted by Crippen LogP contribution is 2.34. The van der Waals surface area contributed by atoms with Gasteiger partial charge in [-0.05, 0) is 23.3 Å². The molecule has 6 nitrogen and oxygen atoms in total. The van der Waals surface area contributed by atoms with Crippen LogP contribution in [0.3, 0.4) is 0 Å². The molecule has 4 aromatic rings. The molecule has 0 aliphatic heterocycles. The van der Waals surface area contributed by atoms with Crippen molar-refractivity contribution in [2.24, 2.45) is 0 Å². The monoisotopic (exact) mass is 440 g/mol. The number of fused-ring (bicyclic) bond motifs is 1. The Kier molecular flexibility index (Phi) is 5.61. The van der Waals surface area contributed by atoms with E-state index in [1.807, 2.05) is 59.1 Å². The normalized spacial score (nSPS) is 11.0. The summed E-state index contributed by atoms with van der Waals surface area (Å²) in [5.41, 5.74) is 3.24. The number of imidazole rings is 1. The van der Waals surface area contributed by atoms with Crippen molar-refractivity contribution in [1.82, 2.24) is 14.5 Å². The van der Waals surface area contributed by atoms with E-state index in [1.165, 1.54) is 0 Å². The Balaban J connectivity index is 1.75. The fraction of sp³-hybridized carbons (Fsp3) is 0.136. The average Bonchev–Trinajstić information content (AvgIpc) is 3.24. The first-order chi connectivity index (χ1) is 14.4. The highest BCUT2D eigenvalue weighted by Gasteiger charge is 2.15. The van der Waals surface area contributed by atoms with Crippen LogP contribution in [0.15, 0.2) is 61.2 Å². The molecule has 0 fully saturated rings. The number of carboxylic acid groups (broad SMARTS) is 1. The van der Waals surface area contributed by atoms with E-state index in [0.29, 0.717) is 27.9 Å². The van der Waals surface area contributed by atoms with Gasteiger partial charge in [0.1, 0.15) is 5.82 Å². The van der Waals surface area contributed by atoms with Crippen molar-refractivity contribution in [2.75, 3.05) is 11.9 Å². The Hall–Kier alpha value is -3.09. The smallest absolute Gasteiger partial charge is 0.307 e. The number of aromatic nitrogens is 3. The van der Waals surface area contributed by atoms with Crippen molar-refractivity contribution < 1.29 is 9.90 Å².